The van der Waals surface area contributed by atoms with Gasteiger partial charge in [-0.3, -0.25) is 0 Å². The third-order valence-electron chi connectivity index (χ3n) is 4.59. The van der Waals surface area contributed by atoms with Gasteiger partial charge in [-0.2, -0.15) is 0 Å². The first kappa shape index (κ1) is 12.0. The molecule has 2 heterocycles. The Kier molecular flexibility index (Phi) is 2.76. The van der Waals surface area contributed by atoms with Gasteiger partial charge in [0.1, 0.15) is 11.9 Å². The second-order valence-corrected chi connectivity index (χ2v) is 5.89. The fourth-order valence-corrected chi connectivity index (χ4v) is 3.99. The molecule has 0 N–H and O–H groups in total. The lowest BCUT2D eigenvalue weighted by atomic mass is 9.87. The molecule has 1 aromatic rings. The monoisotopic (exact) mass is 280 g/mol. The number of benzene rings is 1. The highest BCUT2D eigenvalue weighted by molar-refractivity contribution is 6.17. The summed E-state index contributed by atoms with van der Waals surface area (Å²) in [5.74, 6) is 2.31. The smallest absolute Gasteiger partial charge is 0.155 e. The molecule has 3 aliphatic rings. The predicted molar refractivity (Wildman–Crippen MR) is 71.6 cm³/mol. The number of para-hydroxylation sites is 1. The van der Waals surface area contributed by atoms with E-state index in [1.165, 1.54) is 5.56 Å². The quantitative estimate of drug-likeness (QED) is 0.740. The summed E-state index contributed by atoms with van der Waals surface area (Å²) >= 11 is 5.99. The van der Waals surface area contributed by atoms with Crippen molar-refractivity contribution < 1.29 is 14.2 Å². The zero-order valence-electron chi connectivity index (χ0n) is 10.8. The second-order valence-electron chi connectivity index (χ2n) is 5.63. The summed E-state index contributed by atoms with van der Waals surface area (Å²) in [6.07, 6.45) is 1.36. The molecule has 0 amide bonds. The highest BCUT2D eigenvalue weighted by Crippen LogP contribution is 2.53. The van der Waals surface area contributed by atoms with Gasteiger partial charge in [-0.25, -0.2) is 0 Å². The van der Waals surface area contributed by atoms with Crippen molar-refractivity contribution in [3.63, 3.8) is 0 Å². The molecule has 2 fully saturated rings. The molecule has 2 aliphatic heterocycles. The Morgan fingerprint density at radius 2 is 2.21 bits per heavy atom. The first-order chi connectivity index (χ1) is 9.28. The molecule has 0 aromatic heterocycles. The van der Waals surface area contributed by atoms with E-state index in [0.717, 1.165) is 24.3 Å². The van der Waals surface area contributed by atoms with Gasteiger partial charge in [-0.1, -0.05) is 18.2 Å². The molecule has 1 aromatic carbocycles. The van der Waals surface area contributed by atoms with Gasteiger partial charge in [-0.15, -0.1) is 11.6 Å². The Balaban J connectivity index is 1.70. The van der Waals surface area contributed by atoms with E-state index >= 15 is 0 Å². The molecule has 0 radical (unpaired) electrons. The SMILES string of the molecule is CC1OCC2C(CC3Oc4c(CCl)cccc4C32)O1. The summed E-state index contributed by atoms with van der Waals surface area (Å²) in [6, 6.07) is 6.28. The maximum absolute atomic E-state index is 6.16. The minimum atomic E-state index is -0.0891. The lowest BCUT2D eigenvalue weighted by Gasteiger charge is -2.32. The van der Waals surface area contributed by atoms with Crippen LogP contribution in [0.4, 0.5) is 0 Å². The zero-order chi connectivity index (χ0) is 13.0. The van der Waals surface area contributed by atoms with Gasteiger partial charge in [0.2, 0.25) is 0 Å². The molecule has 1 saturated heterocycles. The molecule has 5 unspecified atom stereocenters. The van der Waals surface area contributed by atoms with Crippen LogP contribution in [0.1, 0.15) is 30.4 Å². The van der Waals surface area contributed by atoms with Crippen LogP contribution < -0.4 is 4.74 Å². The zero-order valence-corrected chi connectivity index (χ0v) is 11.6. The lowest BCUT2D eigenvalue weighted by molar-refractivity contribution is -0.221. The van der Waals surface area contributed by atoms with E-state index in [1.54, 1.807) is 0 Å². The molecule has 5 atom stereocenters. The molecule has 0 spiro atoms. The van der Waals surface area contributed by atoms with Crippen molar-refractivity contribution in [2.24, 2.45) is 5.92 Å². The van der Waals surface area contributed by atoms with E-state index in [9.17, 15) is 0 Å². The first-order valence-electron chi connectivity index (χ1n) is 6.89. The van der Waals surface area contributed by atoms with E-state index in [-0.39, 0.29) is 18.5 Å². The Bertz CT molecular complexity index is 504. The third-order valence-corrected chi connectivity index (χ3v) is 4.88. The molecule has 4 rings (SSSR count). The number of halogens is 1. The number of rotatable bonds is 1. The largest absolute Gasteiger partial charge is 0.489 e. The van der Waals surface area contributed by atoms with E-state index in [4.69, 9.17) is 25.8 Å². The van der Waals surface area contributed by atoms with Crippen LogP contribution in [-0.4, -0.2) is 25.1 Å². The number of alkyl halides is 1. The molecular formula is C15H17ClO3. The number of hydrogen-bond acceptors (Lipinski definition) is 3. The molecule has 102 valence electrons. The highest BCUT2D eigenvalue weighted by Gasteiger charge is 2.52. The van der Waals surface area contributed by atoms with Crippen LogP contribution in [0.2, 0.25) is 0 Å². The maximum Gasteiger partial charge on any atom is 0.155 e. The van der Waals surface area contributed by atoms with Crippen molar-refractivity contribution in [1.29, 1.82) is 0 Å². The van der Waals surface area contributed by atoms with Crippen LogP contribution in [0.25, 0.3) is 0 Å². The van der Waals surface area contributed by atoms with Gasteiger partial charge in [0.25, 0.3) is 0 Å². The summed E-state index contributed by atoms with van der Waals surface area (Å²) in [5, 5.41) is 0. The molecule has 4 heteroatoms. The highest BCUT2D eigenvalue weighted by atomic mass is 35.5. The topological polar surface area (TPSA) is 27.7 Å². The number of hydrogen-bond donors (Lipinski definition) is 0. The average Bonchev–Trinajstić information content (AvgIpc) is 2.92. The van der Waals surface area contributed by atoms with Crippen LogP contribution in [0.3, 0.4) is 0 Å². The summed E-state index contributed by atoms with van der Waals surface area (Å²) in [7, 11) is 0. The Morgan fingerprint density at radius 3 is 3.05 bits per heavy atom. The predicted octanol–water partition coefficient (Wildman–Crippen LogP) is 3.05. The maximum atomic E-state index is 6.16. The molecule has 0 bridgehead atoms. The van der Waals surface area contributed by atoms with E-state index in [0.29, 0.717) is 17.7 Å². The fraction of sp³-hybridized carbons (Fsp3) is 0.600. The van der Waals surface area contributed by atoms with Gasteiger partial charge in [0.05, 0.1) is 18.6 Å². The van der Waals surface area contributed by atoms with Crippen molar-refractivity contribution >= 4 is 11.6 Å². The van der Waals surface area contributed by atoms with Crippen molar-refractivity contribution in [3.05, 3.63) is 29.3 Å². The first-order valence-corrected chi connectivity index (χ1v) is 7.43. The fourth-order valence-electron chi connectivity index (χ4n) is 3.78. The standard InChI is InChI=1S/C15H17ClO3/c1-8-17-7-11-12(18-8)5-13-14(11)10-4-2-3-9(6-16)15(10)19-13/h2-4,8,11-14H,5-7H2,1H3. The third kappa shape index (κ3) is 1.72. The van der Waals surface area contributed by atoms with Gasteiger partial charge in [0.15, 0.2) is 6.29 Å². The van der Waals surface area contributed by atoms with Crippen molar-refractivity contribution in [3.8, 4) is 5.75 Å². The van der Waals surface area contributed by atoms with E-state index in [1.807, 2.05) is 13.0 Å². The molecule has 1 saturated carbocycles. The molecule has 19 heavy (non-hydrogen) atoms. The summed E-state index contributed by atoms with van der Waals surface area (Å²) in [4.78, 5) is 0. The van der Waals surface area contributed by atoms with Gasteiger partial charge >= 0.3 is 0 Å². The summed E-state index contributed by atoms with van der Waals surface area (Å²) in [6.45, 7) is 2.73. The second kappa shape index (κ2) is 4.37. The summed E-state index contributed by atoms with van der Waals surface area (Å²) in [5.41, 5.74) is 2.38. The summed E-state index contributed by atoms with van der Waals surface area (Å²) < 4.78 is 17.7. The van der Waals surface area contributed by atoms with Gasteiger partial charge < -0.3 is 14.2 Å². The average molecular weight is 281 g/mol. The van der Waals surface area contributed by atoms with Crippen molar-refractivity contribution in [2.45, 2.75) is 43.6 Å². The Morgan fingerprint density at radius 1 is 1.32 bits per heavy atom. The van der Waals surface area contributed by atoms with E-state index < -0.39 is 0 Å². The molecular weight excluding hydrogens is 264 g/mol. The van der Waals surface area contributed by atoms with Crippen molar-refractivity contribution in [2.75, 3.05) is 6.61 Å². The number of fused-ring (bicyclic) bond motifs is 5. The molecule has 1 aliphatic carbocycles. The number of ether oxygens (including phenoxy) is 3. The lowest BCUT2D eigenvalue weighted by Crippen LogP contribution is -2.37. The van der Waals surface area contributed by atoms with Crippen LogP contribution in [0, 0.1) is 5.92 Å². The van der Waals surface area contributed by atoms with Crippen LogP contribution in [-0.2, 0) is 15.4 Å². The Labute approximate surface area is 117 Å². The van der Waals surface area contributed by atoms with Gasteiger partial charge in [0, 0.05) is 29.4 Å². The normalized spacial score (nSPS) is 39.4. The molecule has 3 nitrogen and oxygen atoms in total. The van der Waals surface area contributed by atoms with Gasteiger partial charge in [-0.05, 0) is 6.92 Å². The van der Waals surface area contributed by atoms with Crippen molar-refractivity contribution in [1.82, 2.24) is 0 Å². The van der Waals surface area contributed by atoms with Crippen LogP contribution >= 0.6 is 11.6 Å². The van der Waals surface area contributed by atoms with Crippen LogP contribution in [0.15, 0.2) is 18.2 Å². The van der Waals surface area contributed by atoms with Crippen LogP contribution in [0.5, 0.6) is 5.75 Å². The Hall–Kier alpha value is -0.770. The minimum absolute atomic E-state index is 0.0891. The van der Waals surface area contributed by atoms with E-state index in [2.05, 4.69) is 12.1 Å². The minimum Gasteiger partial charge on any atom is -0.489 e.